The van der Waals surface area contributed by atoms with Crippen molar-refractivity contribution in [3.63, 3.8) is 0 Å². The standard InChI is InChI=1S/C16H15F4N3O3/c1-8(2)5-12(24)14(25)21-7-10-4-3-9(6-11(10)17)13-22-15(26-23-13)16(18,19)20/h3-4,6,8H,5,7H2,1-2H3,(H,21,25). The van der Waals surface area contributed by atoms with E-state index in [-0.39, 0.29) is 30.0 Å². The highest BCUT2D eigenvalue weighted by Crippen LogP contribution is 2.29. The summed E-state index contributed by atoms with van der Waals surface area (Å²) in [5.41, 5.74) is 0.0340. The first-order valence-corrected chi connectivity index (χ1v) is 7.58. The molecule has 0 bridgehead atoms. The number of Topliss-reactive ketones (excluding diaryl/α,β-unsaturated/α-hetero) is 1. The van der Waals surface area contributed by atoms with Gasteiger partial charge in [-0.15, -0.1) is 0 Å². The molecule has 0 fully saturated rings. The van der Waals surface area contributed by atoms with Gasteiger partial charge in [0.1, 0.15) is 5.82 Å². The molecular formula is C16H15F4N3O3. The van der Waals surface area contributed by atoms with Crippen molar-refractivity contribution in [2.45, 2.75) is 33.0 Å². The number of nitrogens with zero attached hydrogens (tertiary/aromatic N) is 2. The van der Waals surface area contributed by atoms with Crippen LogP contribution in [-0.4, -0.2) is 21.8 Å². The molecule has 26 heavy (non-hydrogen) atoms. The van der Waals surface area contributed by atoms with Crippen molar-refractivity contribution >= 4 is 11.7 Å². The molecule has 10 heteroatoms. The van der Waals surface area contributed by atoms with Gasteiger partial charge in [0.25, 0.3) is 5.91 Å². The Morgan fingerprint density at radius 2 is 1.96 bits per heavy atom. The molecule has 0 saturated heterocycles. The highest BCUT2D eigenvalue weighted by atomic mass is 19.4. The average Bonchev–Trinajstić information content (AvgIpc) is 3.02. The lowest BCUT2D eigenvalue weighted by molar-refractivity contribution is -0.159. The number of rotatable bonds is 6. The number of amides is 1. The summed E-state index contributed by atoms with van der Waals surface area (Å²) in [4.78, 5) is 26.3. The number of hydrogen-bond donors (Lipinski definition) is 1. The first-order chi connectivity index (χ1) is 12.1. The van der Waals surface area contributed by atoms with Crippen LogP contribution in [0.15, 0.2) is 22.7 Å². The molecule has 1 amide bonds. The average molecular weight is 373 g/mol. The second-order valence-electron chi connectivity index (χ2n) is 5.93. The van der Waals surface area contributed by atoms with Crippen LogP contribution in [0.1, 0.15) is 31.7 Å². The van der Waals surface area contributed by atoms with Crippen LogP contribution in [-0.2, 0) is 22.3 Å². The maximum atomic E-state index is 14.1. The fourth-order valence-corrected chi connectivity index (χ4v) is 2.02. The molecule has 1 aromatic heterocycles. The number of carbonyl (C=O) groups is 2. The van der Waals surface area contributed by atoms with Crippen molar-refractivity contribution < 1.29 is 31.7 Å². The lowest BCUT2D eigenvalue weighted by atomic mass is 10.1. The Morgan fingerprint density at radius 3 is 2.50 bits per heavy atom. The number of alkyl halides is 3. The van der Waals surface area contributed by atoms with E-state index in [0.29, 0.717) is 0 Å². The molecule has 0 aliphatic rings. The molecule has 0 aliphatic heterocycles. The first kappa shape index (κ1) is 19.5. The molecule has 0 saturated carbocycles. The van der Waals surface area contributed by atoms with E-state index in [0.717, 1.165) is 6.07 Å². The Morgan fingerprint density at radius 1 is 1.27 bits per heavy atom. The Labute approximate surface area is 145 Å². The maximum absolute atomic E-state index is 14.1. The van der Waals surface area contributed by atoms with E-state index in [1.165, 1.54) is 12.1 Å². The molecule has 0 atom stereocenters. The minimum atomic E-state index is -4.80. The molecule has 6 nitrogen and oxygen atoms in total. The number of carbonyl (C=O) groups excluding carboxylic acids is 2. The second-order valence-corrected chi connectivity index (χ2v) is 5.93. The van der Waals surface area contributed by atoms with Gasteiger partial charge in [-0.05, 0) is 12.0 Å². The van der Waals surface area contributed by atoms with Crippen LogP contribution < -0.4 is 5.32 Å². The highest BCUT2D eigenvalue weighted by Gasteiger charge is 2.38. The zero-order chi connectivity index (χ0) is 19.5. The van der Waals surface area contributed by atoms with Gasteiger partial charge >= 0.3 is 12.1 Å². The van der Waals surface area contributed by atoms with Crippen LogP contribution in [0.4, 0.5) is 17.6 Å². The number of hydrogen-bond acceptors (Lipinski definition) is 5. The number of benzene rings is 1. The number of aromatic nitrogens is 2. The van der Waals surface area contributed by atoms with E-state index in [9.17, 15) is 27.2 Å². The summed E-state index contributed by atoms with van der Waals surface area (Å²) in [6.07, 6.45) is -4.72. The van der Waals surface area contributed by atoms with Gasteiger partial charge in [-0.3, -0.25) is 9.59 Å². The Hall–Kier alpha value is -2.78. The molecule has 0 aliphatic carbocycles. The van der Waals surface area contributed by atoms with E-state index < -0.39 is 35.4 Å². The van der Waals surface area contributed by atoms with Gasteiger partial charge in [-0.2, -0.15) is 18.2 Å². The maximum Gasteiger partial charge on any atom is 0.471 e. The fourth-order valence-electron chi connectivity index (χ4n) is 2.02. The van der Waals surface area contributed by atoms with Gasteiger partial charge in [0.05, 0.1) is 0 Å². The molecular weight excluding hydrogens is 358 g/mol. The lowest BCUT2D eigenvalue weighted by Gasteiger charge is -2.07. The van der Waals surface area contributed by atoms with Crippen molar-refractivity contribution in [1.29, 1.82) is 0 Å². The van der Waals surface area contributed by atoms with Crippen LogP contribution in [0, 0.1) is 11.7 Å². The second kappa shape index (κ2) is 7.63. The van der Waals surface area contributed by atoms with Gasteiger partial charge in [0.15, 0.2) is 0 Å². The Bertz CT molecular complexity index is 815. The third kappa shape index (κ3) is 4.87. The normalized spacial score (nSPS) is 11.7. The molecule has 2 aromatic rings. The molecule has 1 aromatic carbocycles. The molecule has 1 N–H and O–H groups in total. The molecule has 0 unspecified atom stereocenters. The predicted molar refractivity (Wildman–Crippen MR) is 81.0 cm³/mol. The molecule has 2 rings (SSSR count). The molecule has 1 heterocycles. The minimum Gasteiger partial charge on any atom is -0.345 e. The quantitative estimate of drug-likeness (QED) is 0.621. The predicted octanol–water partition coefficient (Wildman–Crippen LogP) is 3.13. The minimum absolute atomic E-state index is 0.0146. The van der Waals surface area contributed by atoms with Gasteiger partial charge in [0, 0.05) is 24.1 Å². The summed E-state index contributed by atoms with van der Waals surface area (Å²) in [5.74, 6) is -4.16. The molecule has 0 spiro atoms. The number of halogens is 4. The van der Waals surface area contributed by atoms with Gasteiger partial charge in [-0.1, -0.05) is 31.1 Å². The smallest absolute Gasteiger partial charge is 0.345 e. The van der Waals surface area contributed by atoms with E-state index in [1.807, 2.05) is 0 Å². The van der Waals surface area contributed by atoms with Gasteiger partial charge in [0.2, 0.25) is 11.6 Å². The zero-order valence-corrected chi connectivity index (χ0v) is 13.9. The third-order valence-electron chi connectivity index (χ3n) is 3.27. The van der Waals surface area contributed by atoms with Crippen LogP contribution >= 0.6 is 0 Å². The summed E-state index contributed by atoms with van der Waals surface area (Å²) >= 11 is 0. The lowest BCUT2D eigenvalue weighted by Crippen LogP contribution is -2.31. The fraction of sp³-hybridized carbons (Fsp3) is 0.375. The number of nitrogens with one attached hydrogen (secondary N) is 1. The highest BCUT2D eigenvalue weighted by molar-refractivity contribution is 6.36. The van der Waals surface area contributed by atoms with E-state index in [4.69, 9.17) is 0 Å². The summed E-state index contributed by atoms with van der Waals surface area (Å²) in [6.45, 7) is 3.33. The molecule has 140 valence electrons. The largest absolute Gasteiger partial charge is 0.471 e. The van der Waals surface area contributed by atoms with Crippen molar-refractivity contribution in [2.24, 2.45) is 5.92 Å². The van der Waals surface area contributed by atoms with Crippen molar-refractivity contribution in [3.05, 3.63) is 35.5 Å². The van der Waals surface area contributed by atoms with Crippen LogP contribution in [0.5, 0.6) is 0 Å². The van der Waals surface area contributed by atoms with Crippen molar-refractivity contribution in [3.8, 4) is 11.4 Å². The number of ketones is 1. The van der Waals surface area contributed by atoms with Crippen LogP contribution in [0.25, 0.3) is 11.4 Å². The molecule has 0 radical (unpaired) electrons. The topological polar surface area (TPSA) is 85.1 Å². The first-order valence-electron chi connectivity index (χ1n) is 7.58. The third-order valence-corrected chi connectivity index (χ3v) is 3.27. The Kier molecular flexibility index (Phi) is 5.73. The van der Waals surface area contributed by atoms with Gasteiger partial charge < -0.3 is 9.84 Å². The summed E-state index contributed by atoms with van der Waals surface area (Å²) in [7, 11) is 0. The van der Waals surface area contributed by atoms with E-state index in [2.05, 4.69) is 20.0 Å². The van der Waals surface area contributed by atoms with Crippen LogP contribution in [0.2, 0.25) is 0 Å². The van der Waals surface area contributed by atoms with Crippen molar-refractivity contribution in [2.75, 3.05) is 0 Å². The van der Waals surface area contributed by atoms with Crippen molar-refractivity contribution in [1.82, 2.24) is 15.5 Å². The summed E-state index contributed by atoms with van der Waals surface area (Å²) < 4.78 is 55.5. The Balaban J connectivity index is 2.07. The van der Waals surface area contributed by atoms with Gasteiger partial charge in [-0.25, -0.2) is 4.39 Å². The monoisotopic (exact) mass is 373 g/mol. The summed E-state index contributed by atoms with van der Waals surface area (Å²) in [5, 5.41) is 5.46. The SMILES string of the molecule is CC(C)CC(=O)C(=O)NCc1ccc(-c2noc(C(F)(F)F)n2)cc1F. The summed E-state index contributed by atoms with van der Waals surface area (Å²) in [6, 6.07) is 3.45. The van der Waals surface area contributed by atoms with Crippen LogP contribution in [0.3, 0.4) is 0 Å². The van der Waals surface area contributed by atoms with E-state index >= 15 is 0 Å². The zero-order valence-electron chi connectivity index (χ0n) is 13.9. The van der Waals surface area contributed by atoms with E-state index in [1.54, 1.807) is 13.8 Å².